The lowest BCUT2D eigenvalue weighted by Gasteiger charge is -2.39. The average Bonchev–Trinajstić information content (AvgIpc) is 3.09. The van der Waals surface area contributed by atoms with Crippen molar-refractivity contribution in [3.05, 3.63) is 29.8 Å². The molecule has 3 rings (SSSR count). The summed E-state index contributed by atoms with van der Waals surface area (Å²) < 4.78 is 10.6. The van der Waals surface area contributed by atoms with Crippen molar-refractivity contribution in [2.45, 2.75) is 38.1 Å². The minimum atomic E-state index is -0.114. The molecule has 22 heavy (non-hydrogen) atoms. The second-order valence-electron chi connectivity index (χ2n) is 6.26. The number of methoxy groups -OCH3 is 1. The standard InChI is InChI=1S/C18H25NO3/c1-3-22-17(20)13-19-11-9-14-7-5-10-18(14,19)15-6-4-8-16(12-15)21-2/h4,6,8,12,14H,3,5,7,9-11,13H2,1-2H3/t14-,18-/m0/s1. The summed E-state index contributed by atoms with van der Waals surface area (Å²) in [5.41, 5.74) is 1.28. The summed E-state index contributed by atoms with van der Waals surface area (Å²) in [6.07, 6.45) is 4.75. The summed E-state index contributed by atoms with van der Waals surface area (Å²) in [5, 5.41) is 0. The van der Waals surface area contributed by atoms with Gasteiger partial charge in [-0.05, 0) is 56.3 Å². The molecule has 0 amide bonds. The molecule has 0 bridgehead atoms. The van der Waals surface area contributed by atoms with Crippen molar-refractivity contribution < 1.29 is 14.3 Å². The number of esters is 1. The number of hydrogen-bond donors (Lipinski definition) is 0. The van der Waals surface area contributed by atoms with Crippen molar-refractivity contribution in [1.82, 2.24) is 4.90 Å². The SMILES string of the molecule is CCOC(=O)CN1CC[C@@H]2CCC[C@@]21c1cccc(OC)c1. The van der Waals surface area contributed by atoms with Crippen LogP contribution in [0.3, 0.4) is 0 Å². The van der Waals surface area contributed by atoms with Crippen LogP contribution in [0.2, 0.25) is 0 Å². The van der Waals surface area contributed by atoms with Crippen molar-refractivity contribution in [2.75, 3.05) is 26.8 Å². The Morgan fingerprint density at radius 3 is 3.05 bits per heavy atom. The van der Waals surface area contributed by atoms with Gasteiger partial charge in [0, 0.05) is 5.54 Å². The van der Waals surface area contributed by atoms with E-state index in [1.54, 1.807) is 7.11 Å². The molecule has 2 fully saturated rings. The van der Waals surface area contributed by atoms with Crippen LogP contribution in [0.4, 0.5) is 0 Å². The molecule has 0 spiro atoms. The van der Waals surface area contributed by atoms with E-state index in [1.165, 1.54) is 18.4 Å². The number of rotatable bonds is 5. The van der Waals surface area contributed by atoms with Gasteiger partial charge in [-0.15, -0.1) is 0 Å². The van der Waals surface area contributed by atoms with Gasteiger partial charge in [-0.25, -0.2) is 0 Å². The maximum absolute atomic E-state index is 12.0. The van der Waals surface area contributed by atoms with Gasteiger partial charge >= 0.3 is 5.97 Å². The lowest BCUT2D eigenvalue weighted by Crippen LogP contribution is -2.45. The molecule has 1 saturated heterocycles. The molecular weight excluding hydrogens is 278 g/mol. The third-order valence-electron chi connectivity index (χ3n) is 5.29. The highest BCUT2D eigenvalue weighted by Gasteiger charge is 2.52. The van der Waals surface area contributed by atoms with Crippen LogP contribution < -0.4 is 4.74 Å². The lowest BCUT2D eigenvalue weighted by atomic mass is 9.81. The summed E-state index contributed by atoms with van der Waals surface area (Å²) in [7, 11) is 1.70. The molecule has 1 aromatic carbocycles. The number of carbonyl (C=O) groups is 1. The normalized spacial score (nSPS) is 27.6. The maximum atomic E-state index is 12.0. The molecule has 120 valence electrons. The van der Waals surface area contributed by atoms with E-state index in [-0.39, 0.29) is 11.5 Å². The third-order valence-corrected chi connectivity index (χ3v) is 5.29. The highest BCUT2D eigenvalue weighted by molar-refractivity contribution is 5.72. The van der Waals surface area contributed by atoms with Crippen molar-refractivity contribution in [2.24, 2.45) is 5.92 Å². The Morgan fingerprint density at radius 1 is 1.41 bits per heavy atom. The highest BCUT2D eigenvalue weighted by Crippen LogP contribution is 2.54. The van der Waals surface area contributed by atoms with Gasteiger partial charge in [0.2, 0.25) is 0 Å². The topological polar surface area (TPSA) is 38.8 Å². The molecule has 1 aromatic rings. The first-order chi connectivity index (χ1) is 10.7. The van der Waals surface area contributed by atoms with Crippen LogP contribution in [0.5, 0.6) is 5.75 Å². The van der Waals surface area contributed by atoms with E-state index < -0.39 is 0 Å². The Kier molecular flexibility index (Phi) is 4.39. The van der Waals surface area contributed by atoms with Crippen LogP contribution in [0, 0.1) is 5.92 Å². The summed E-state index contributed by atoms with van der Waals surface area (Å²) in [6, 6.07) is 8.36. The van der Waals surface area contributed by atoms with E-state index in [4.69, 9.17) is 9.47 Å². The largest absolute Gasteiger partial charge is 0.497 e. The van der Waals surface area contributed by atoms with Gasteiger partial charge in [0.1, 0.15) is 5.75 Å². The Bertz CT molecular complexity index is 545. The number of benzene rings is 1. The zero-order chi connectivity index (χ0) is 15.6. The van der Waals surface area contributed by atoms with Gasteiger partial charge in [-0.1, -0.05) is 18.6 Å². The summed E-state index contributed by atoms with van der Waals surface area (Å²) in [5.74, 6) is 1.41. The molecule has 0 N–H and O–H groups in total. The monoisotopic (exact) mass is 303 g/mol. The minimum absolute atomic E-state index is 0.0126. The molecule has 4 nitrogen and oxygen atoms in total. The lowest BCUT2D eigenvalue weighted by molar-refractivity contribution is -0.145. The first kappa shape index (κ1) is 15.3. The summed E-state index contributed by atoms with van der Waals surface area (Å²) in [4.78, 5) is 14.3. The van der Waals surface area contributed by atoms with Gasteiger partial charge in [0.15, 0.2) is 0 Å². The van der Waals surface area contributed by atoms with E-state index >= 15 is 0 Å². The number of ether oxygens (including phenoxy) is 2. The van der Waals surface area contributed by atoms with Crippen molar-refractivity contribution >= 4 is 5.97 Å². The molecule has 4 heteroatoms. The molecule has 2 atom stereocenters. The predicted octanol–water partition coefficient (Wildman–Crippen LogP) is 2.96. The van der Waals surface area contributed by atoms with Crippen LogP contribution in [-0.2, 0) is 15.1 Å². The van der Waals surface area contributed by atoms with Gasteiger partial charge in [-0.2, -0.15) is 0 Å². The van der Waals surface area contributed by atoms with Crippen molar-refractivity contribution in [1.29, 1.82) is 0 Å². The first-order valence-corrected chi connectivity index (χ1v) is 8.26. The van der Waals surface area contributed by atoms with Crippen molar-refractivity contribution in [3.8, 4) is 5.75 Å². The van der Waals surface area contributed by atoms with Gasteiger partial charge in [-0.3, -0.25) is 9.69 Å². The van der Waals surface area contributed by atoms with Crippen molar-refractivity contribution in [3.63, 3.8) is 0 Å². The molecule has 1 aliphatic heterocycles. The van der Waals surface area contributed by atoms with Crippen LogP contribution in [0.25, 0.3) is 0 Å². The van der Waals surface area contributed by atoms with E-state index in [9.17, 15) is 4.79 Å². The molecule has 2 aliphatic rings. The molecule has 0 unspecified atom stereocenters. The average molecular weight is 303 g/mol. The minimum Gasteiger partial charge on any atom is -0.497 e. The number of nitrogens with zero attached hydrogens (tertiary/aromatic N) is 1. The fourth-order valence-electron chi connectivity index (χ4n) is 4.41. The zero-order valence-electron chi connectivity index (χ0n) is 13.5. The number of fused-ring (bicyclic) bond motifs is 1. The Labute approximate surface area is 132 Å². The maximum Gasteiger partial charge on any atom is 0.320 e. The van der Waals surface area contributed by atoms with E-state index in [0.717, 1.165) is 25.1 Å². The summed E-state index contributed by atoms with van der Waals surface area (Å²) >= 11 is 0. The molecule has 1 saturated carbocycles. The van der Waals surface area contributed by atoms with Crippen LogP contribution in [-0.4, -0.2) is 37.7 Å². The fourth-order valence-corrected chi connectivity index (χ4v) is 4.41. The summed E-state index contributed by atoms with van der Waals surface area (Å²) in [6.45, 7) is 3.67. The third kappa shape index (κ3) is 2.50. The zero-order valence-corrected chi connectivity index (χ0v) is 13.5. The number of likely N-dealkylation sites (tertiary alicyclic amines) is 1. The Morgan fingerprint density at radius 2 is 2.27 bits per heavy atom. The Balaban J connectivity index is 1.92. The molecule has 0 aromatic heterocycles. The Hall–Kier alpha value is -1.55. The van der Waals surface area contributed by atoms with Gasteiger partial charge in [0.05, 0.1) is 20.3 Å². The smallest absolute Gasteiger partial charge is 0.320 e. The van der Waals surface area contributed by atoms with E-state index in [1.807, 2.05) is 13.0 Å². The molecule has 1 heterocycles. The van der Waals surface area contributed by atoms with Crippen LogP contribution in [0.15, 0.2) is 24.3 Å². The molecule has 0 radical (unpaired) electrons. The first-order valence-electron chi connectivity index (χ1n) is 8.26. The molecular formula is C18H25NO3. The predicted molar refractivity (Wildman–Crippen MR) is 84.8 cm³/mol. The van der Waals surface area contributed by atoms with Gasteiger partial charge in [0.25, 0.3) is 0 Å². The quantitative estimate of drug-likeness (QED) is 0.784. The van der Waals surface area contributed by atoms with Crippen LogP contribution >= 0.6 is 0 Å². The fraction of sp³-hybridized carbons (Fsp3) is 0.611. The van der Waals surface area contributed by atoms with E-state index in [2.05, 4.69) is 23.1 Å². The van der Waals surface area contributed by atoms with E-state index in [0.29, 0.717) is 19.1 Å². The second-order valence-corrected chi connectivity index (χ2v) is 6.26. The number of carbonyl (C=O) groups excluding carboxylic acids is 1. The molecule has 1 aliphatic carbocycles. The van der Waals surface area contributed by atoms with Gasteiger partial charge < -0.3 is 9.47 Å². The number of hydrogen-bond acceptors (Lipinski definition) is 4. The highest BCUT2D eigenvalue weighted by atomic mass is 16.5. The second kappa shape index (κ2) is 6.29. The van der Waals surface area contributed by atoms with Crippen LogP contribution in [0.1, 0.15) is 38.2 Å².